The number of rotatable bonds is 6. The number of ether oxygens (including phenoxy) is 2. The number of methoxy groups -OCH3 is 2. The van der Waals surface area contributed by atoms with Gasteiger partial charge in [-0.1, -0.05) is 11.8 Å². The molecule has 0 saturated carbocycles. The van der Waals surface area contributed by atoms with E-state index >= 15 is 0 Å². The standard InChI is InChI=1S/C13H18O5S/c1-8(14)19-7-12(15)13(16)9-4-10(17-2)6-11(5-9)18-3/h4-6,12-13,15-16H,7H2,1-3H3. The molecule has 2 atom stereocenters. The predicted octanol–water partition coefficient (Wildman–Crippen LogP) is 1.38. The number of hydrogen-bond acceptors (Lipinski definition) is 6. The van der Waals surface area contributed by atoms with E-state index in [2.05, 4.69) is 0 Å². The van der Waals surface area contributed by atoms with Crippen LogP contribution in [0.25, 0.3) is 0 Å². The van der Waals surface area contributed by atoms with Gasteiger partial charge in [-0.15, -0.1) is 0 Å². The lowest BCUT2D eigenvalue weighted by Crippen LogP contribution is -2.21. The molecule has 2 unspecified atom stereocenters. The lowest BCUT2D eigenvalue weighted by atomic mass is 10.0. The van der Waals surface area contributed by atoms with Gasteiger partial charge in [-0.25, -0.2) is 0 Å². The highest BCUT2D eigenvalue weighted by molar-refractivity contribution is 8.13. The minimum absolute atomic E-state index is 0.102. The van der Waals surface area contributed by atoms with Crippen molar-refractivity contribution >= 4 is 16.9 Å². The molecule has 0 aliphatic carbocycles. The van der Waals surface area contributed by atoms with Crippen molar-refractivity contribution in [3.8, 4) is 11.5 Å². The Morgan fingerprint density at radius 1 is 1.21 bits per heavy atom. The van der Waals surface area contributed by atoms with Gasteiger partial charge in [0.1, 0.15) is 17.6 Å². The van der Waals surface area contributed by atoms with Crippen LogP contribution in [0.4, 0.5) is 0 Å². The van der Waals surface area contributed by atoms with E-state index in [1.54, 1.807) is 18.2 Å². The summed E-state index contributed by atoms with van der Waals surface area (Å²) < 4.78 is 10.2. The molecular formula is C13H18O5S. The van der Waals surface area contributed by atoms with Crippen LogP contribution in [-0.2, 0) is 4.79 Å². The largest absolute Gasteiger partial charge is 0.497 e. The minimum atomic E-state index is -1.10. The van der Waals surface area contributed by atoms with Gasteiger partial charge in [-0.2, -0.15) is 0 Å². The van der Waals surface area contributed by atoms with E-state index in [0.717, 1.165) is 11.8 Å². The Kier molecular flexibility index (Phi) is 6.14. The zero-order chi connectivity index (χ0) is 14.4. The lowest BCUT2D eigenvalue weighted by Gasteiger charge is -2.18. The SMILES string of the molecule is COc1cc(OC)cc(C(O)C(O)CSC(C)=O)c1. The van der Waals surface area contributed by atoms with Crippen LogP contribution in [0.3, 0.4) is 0 Å². The van der Waals surface area contributed by atoms with Crippen molar-refractivity contribution in [1.29, 1.82) is 0 Å². The summed E-state index contributed by atoms with van der Waals surface area (Å²) in [5.41, 5.74) is 0.479. The maximum atomic E-state index is 10.8. The molecule has 0 spiro atoms. The van der Waals surface area contributed by atoms with E-state index in [9.17, 15) is 15.0 Å². The number of carbonyl (C=O) groups is 1. The highest BCUT2D eigenvalue weighted by Crippen LogP contribution is 2.28. The molecule has 0 radical (unpaired) electrons. The highest BCUT2D eigenvalue weighted by atomic mass is 32.2. The molecule has 0 bridgehead atoms. The molecule has 6 heteroatoms. The van der Waals surface area contributed by atoms with Gasteiger partial charge < -0.3 is 19.7 Å². The average molecular weight is 286 g/mol. The Labute approximate surface area is 116 Å². The lowest BCUT2D eigenvalue weighted by molar-refractivity contribution is -0.109. The number of aliphatic hydroxyl groups excluding tert-OH is 2. The minimum Gasteiger partial charge on any atom is -0.497 e. The molecule has 106 valence electrons. The molecule has 0 saturated heterocycles. The van der Waals surface area contributed by atoms with Crippen molar-refractivity contribution in [2.75, 3.05) is 20.0 Å². The monoisotopic (exact) mass is 286 g/mol. The third-order valence-electron chi connectivity index (χ3n) is 2.54. The van der Waals surface area contributed by atoms with Crippen LogP contribution >= 0.6 is 11.8 Å². The molecule has 0 fully saturated rings. The average Bonchev–Trinajstić information content (AvgIpc) is 2.42. The van der Waals surface area contributed by atoms with E-state index in [1.807, 2.05) is 0 Å². The molecular weight excluding hydrogens is 268 g/mol. The maximum absolute atomic E-state index is 10.8. The summed E-state index contributed by atoms with van der Waals surface area (Å²) in [4.78, 5) is 10.8. The Morgan fingerprint density at radius 2 is 1.74 bits per heavy atom. The topological polar surface area (TPSA) is 76.0 Å². The molecule has 1 rings (SSSR count). The Hall–Kier alpha value is -1.24. The molecule has 0 heterocycles. The molecule has 0 amide bonds. The Bertz CT molecular complexity index is 413. The Morgan fingerprint density at radius 3 is 2.16 bits per heavy atom. The first kappa shape index (κ1) is 15.8. The first-order valence-electron chi connectivity index (χ1n) is 5.70. The molecule has 0 aliphatic rings. The second-order valence-electron chi connectivity index (χ2n) is 3.96. The number of aliphatic hydroxyl groups is 2. The molecule has 0 aliphatic heterocycles. The zero-order valence-corrected chi connectivity index (χ0v) is 11.9. The van der Waals surface area contributed by atoms with Crippen LogP contribution in [0.5, 0.6) is 11.5 Å². The van der Waals surface area contributed by atoms with Crippen molar-refractivity contribution in [3.63, 3.8) is 0 Å². The summed E-state index contributed by atoms with van der Waals surface area (Å²) >= 11 is 0.971. The van der Waals surface area contributed by atoms with E-state index in [0.29, 0.717) is 17.1 Å². The van der Waals surface area contributed by atoms with Gasteiger partial charge in [0.15, 0.2) is 5.12 Å². The van der Waals surface area contributed by atoms with E-state index in [1.165, 1.54) is 21.1 Å². The molecule has 19 heavy (non-hydrogen) atoms. The van der Waals surface area contributed by atoms with Gasteiger partial charge in [0.2, 0.25) is 0 Å². The van der Waals surface area contributed by atoms with Gasteiger partial charge in [-0.3, -0.25) is 4.79 Å². The normalized spacial score (nSPS) is 13.7. The second-order valence-corrected chi connectivity index (χ2v) is 5.16. The molecule has 1 aromatic rings. The number of hydrogen-bond donors (Lipinski definition) is 2. The summed E-state index contributed by atoms with van der Waals surface area (Å²) in [5.74, 6) is 1.19. The maximum Gasteiger partial charge on any atom is 0.185 e. The number of carbonyl (C=O) groups excluding carboxylic acids is 1. The molecule has 1 aromatic carbocycles. The van der Waals surface area contributed by atoms with Gasteiger partial charge >= 0.3 is 0 Å². The smallest absolute Gasteiger partial charge is 0.185 e. The van der Waals surface area contributed by atoms with Crippen LogP contribution in [0.2, 0.25) is 0 Å². The van der Waals surface area contributed by atoms with Crippen molar-refractivity contribution in [1.82, 2.24) is 0 Å². The van der Waals surface area contributed by atoms with Crippen molar-refractivity contribution in [2.45, 2.75) is 19.1 Å². The quantitative estimate of drug-likeness (QED) is 0.823. The zero-order valence-electron chi connectivity index (χ0n) is 11.1. The van der Waals surface area contributed by atoms with E-state index in [-0.39, 0.29) is 10.9 Å². The van der Waals surface area contributed by atoms with Crippen molar-refractivity contribution < 1.29 is 24.5 Å². The number of thioether (sulfide) groups is 1. The summed E-state index contributed by atoms with van der Waals surface area (Å²) in [6.45, 7) is 1.42. The first-order valence-corrected chi connectivity index (χ1v) is 6.69. The second kappa shape index (κ2) is 7.37. The van der Waals surface area contributed by atoms with Crippen LogP contribution in [0.1, 0.15) is 18.6 Å². The summed E-state index contributed by atoms with van der Waals surface area (Å²) in [6.07, 6.45) is -2.14. The van der Waals surface area contributed by atoms with Gasteiger partial charge in [0.05, 0.1) is 20.3 Å². The third kappa shape index (κ3) is 4.74. The summed E-state index contributed by atoms with van der Waals surface area (Å²) in [5, 5.41) is 19.8. The fraction of sp³-hybridized carbons (Fsp3) is 0.462. The van der Waals surface area contributed by atoms with E-state index in [4.69, 9.17) is 9.47 Å². The molecule has 0 aromatic heterocycles. The summed E-state index contributed by atoms with van der Waals surface area (Å²) in [7, 11) is 3.01. The molecule has 5 nitrogen and oxygen atoms in total. The van der Waals surface area contributed by atoms with Gasteiger partial charge in [0, 0.05) is 18.7 Å². The van der Waals surface area contributed by atoms with Crippen molar-refractivity contribution in [3.05, 3.63) is 23.8 Å². The van der Waals surface area contributed by atoms with Crippen LogP contribution in [-0.4, -0.2) is 41.4 Å². The predicted molar refractivity (Wildman–Crippen MR) is 73.7 cm³/mol. The fourth-order valence-corrected chi connectivity index (χ4v) is 2.10. The van der Waals surface area contributed by atoms with Crippen LogP contribution < -0.4 is 9.47 Å². The van der Waals surface area contributed by atoms with Gasteiger partial charge in [0.25, 0.3) is 0 Å². The fourth-order valence-electron chi connectivity index (χ4n) is 1.52. The molecule has 2 N–H and O–H groups in total. The van der Waals surface area contributed by atoms with Crippen molar-refractivity contribution in [2.24, 2.45) is 0 Å². The van der Waals surface area contributed by atoms with Crippen LogP contribution in [0, 0.1) is 0 Å². The number of benzene rings is 1. The van der Waals surface area contributed by atoms with Crippen LogP contribution in [0.15, 0.2) is 18.2 Å². The highest BCUT2D eigenvalue weighted by Gasteiger charge is 2.20. The first-order chi connectivity index (χ1) is 8.97. The van der Waals surface area contributed by atoms with Gasteiger partial charge in [-0.05, 0) is 17.7 Å². The summed E-state index contributed by atoms with van der Waals surface area (Å²) in [6, 6.07) is 4.91. The Balaban J connectivity index is 2.85. The third-order valence-corrected chi connectivity index (χ3v) is 3.45. The van der Waals surface area contributed by atoms with E-state index < -0.39 is 12.2 Å².